The summed E-state index contributed by atoms with van der Waals surface area (Å²) in [7, 11) is 1.45. The Hall–Kier alpha value is -6.03. The molecule has 4 aliphatic rings. The number of allylic oxidation sites excluding steroid dienone is 2. The van der Waals surface area contributed by atoms with Gasteiger partial charge in [-0.2, -0.15) is 0 Å². The first kappa shape index (κ1) is 31.0. The van der Waals surface area contributed by atoms with Gasteiger partial charge in [0.2, 0.25) is 29.5 Å². The lowest BCUT2D eigenvalue weighted by Gasteiger charge is -2.49. The van der Waals surface area contributed by atoms with Crippen molar-refractivity contribution < 1.29 is 33.4 Å². The number of nitrogens with zero attached hydrogens (tertiary/aromatic N) is 3. The van der Waals surface area contributed by atoms with Crippen LogP contribution in [0.1, 0.15) is 31.2 Å². The molecular weight excluding hydrogens is 646 g/mol. The fourth-order valence-corrected chi connectivity index (χ4v) is 9.10. The van der Waals surface area contributed by atoms with E-state index in [2.05, 4.69) is 4.98 Å². The molecule has 0 spiro atoms. The summed E-state index contributed by atoms with van der Waals surface area (Å²) in [6, 6.07) is 28.3. The van der Waals surface area contributed by atoms with E-state index < -0.39 is 35.0 Å². The van der Waals surface area contributed by atoms with Gasteiger partial charge in [0, 0.05) is 11.5 Å². The quantitative estimate of drug-likeness (QED) is 0.162. The molecule has 10 nitrogen and oxygen atoms in total. The van der Waals surface area contributed by atoms with Gasteiger partial charge in [-0.15, -0.1) is 0 Å². The Bertz CT molecular complexity index is 2280. The van der Waals surface area contributed by atoms with Gasteiger partial charge >= 0.3 is 0 Å². The highest BCUT2D eigenvalue weighted by Crippen LogP contribution is 2.64. The highest BCUT2D eigenvalue weighted by atomic mass is 16.5. The van der Waals surface area contributed by atoms with Crippen LogP contribution in [0, 0.1) is 29.1 Å². The number of phenols is 1. The lowest BCUT2D eigenvalue weighted by atomic mass is 9.51. The highest BCUT2D eigenvalue weighted by Gasteiger charge is 2.67. The lowest BCUT2D eigenvalue weighted by molar-refractivity contribution is -0.131. The summed E-state index contributed by atoms with van der Waals surface area (Å²) in [5.41, 5.74) is 3.38. The number of para-hydroxylation sites is 3. The number of aromatic nitrogens is 1. The van der Waals surface area contributed by atoms with Crippen molar-refractivity contribution in [3.63, 3.8) is 0 Å². The maximum absolute atomic E-state index is 14.6. The van der Waals surface area contributed by atoms with Gasteiger partial charge in [0.15, 0.2) is 17.1 Å². The molecule has 3 fully saturated rings. The Balaban J connectivity index is 1.10. The van der Waals surface area contributed by atoms with Crippen molar-refractivity contribution >= 4 is 46.1 Å². The number of fused-ring (bicyclic) bond motifs is 5. The average molecular weight is 680 g/mol. The Morgan fingerprint density at radius 3 is 2.29 bits per heavy atom. The molecular formula is C41H33N3O7. The van der Waals surface area contributed by atoms with Crippen LogP contribution >= 0.6 is 0 Å². The molecule has 3 heterocycles. The lowest BCUT2D eigenvalue weighted by Crippen LogP contribution is -2.48. The number of methoxy groups -OCH3 is 1. The topological polar surface area (TPSA) is 130 Å². The van der Waals surface area contributed by atoms with E-state index in [0.717, 1.165) is 11.1 Å². The number of benzene rings is 4. The fourth-order valence-electron chi connectivity index (χ4n) is 9.10. The minimum Gasteiger partial charge on any atom is -0.504 e. The number of carbonyl (C=O) groups excluding carboxylic acids is 4. The number of aromatic hydroxyl groups is 1. The molecule has 4 amide bonds. The number of rotatable bonds is 5. The molecule has 5 aromatic rings. The third-order valence-corrected chi connectivity index (χ3v) is 11.5. The zero-order chi connectivity index (χ0) is 35.2. The maximum atomic E-state index is 14.6. The molecule has 6 atom stereocenters. The van der Waals surface area contributed by atoms with Gasteiger partial charge < -0.3 is 14.3 Å². The second kappa shape index (κ2) is 11.2. The van der Waals surface area contributed by atoms with E-state index in [9.17, 15) is 24.3 Å². The minimum atomic E-state index is -1.20. The predicted octanol–water partition coefficient (Wildman–Crippen LogP) is 6.64. The van der Waals surface area contributed by atoms with Crippen LogP contribution in [0.2, 0.25) is 0 Å². The van der Waals surface area contributed by atoms with Crippen molar-refractivity contribution in [1.82, 2.24) is 4.98 Å². The van der Waals surface area contributed by atoms with Crippen LogP contribution in [0.4, 0.5) is 11.4 Å². The van der Waals surface area contributed by atoms with Crippen LogP contribution < -0.4 is 14.5 Å². The first-order valence-corrected chi connectivity index (χ1v) is 17.0. The monoisotopic (exact) mass is 679 g/mol. The van der Waals surface area contributed by atoms with E-state index in [4.69, 9.17) is 9.15 Å². The number of hydrogen-bond donors (Lipinski definition) is 1. The van der Waals surface area contributed by atoms with Crippen molar-refractivity contribution in [2.45, 2.75) is 25.7 Å². The number of anilines is 2. The normalized spacial score (nSPS) is 27.0. The molecule has 1 N–H and O–H groups in total. The van der Waals surface area contributed by atoms with Crippen LogP contribution in [0.25, 0.3) is 22.6 Å². The number of imide groups is 2. The second-order valence-electron chi connectivity index (χ2n) is 14.0. The van der Waals surface area contributed by atoms with Gasteiger partial charge in [-0.25, -0.2) is 9.88 Å². The Morgan fingerprint density at radius 1 is 0.824 bits per heavy atom. The molecule has 254 valence electrons. The summed E-state index contributed by atoms with van der Waals surface area (Å²) in [5, 5.41) is 10.5. The number of hydrogen-bond acceptors (Lipinski definition) is 8. The Labute approximate surface area is 292 Å². The number of ether oxygens (including phenoxy) is 1. The first-order chi connectivity index (χ1) is 24.7. The SMILES string of the molecule is COc1cc([C@H]2C3=CC[C@@H]4C(=O)N(c5ccc(-c6nc7ccccc7o6)cc5)C(=O)[C@@H]4[C@@H]3C[C@H]3C(=O)N(c4ccccc4)C(=O)[C@@]23C)ccc1O. The van der Waals surface area contributed by atoms with E-state index in [1.165, 1.54) is 23.0 Å². The van der Waals surface area contributed by atoms with Gasteiger partial charge in [0.05, 0.1) is 41.7 Å². The third kappa shape index (κ3) is 4.38. The molecule has 1 aromatic heterocycles. The van der Waals surface area contributed by atoms with E-state index >= 15 is 0 Å². The molecule has 51 heavy (non-hydrogen) atoms. The maximum Gasteiger partial charge on any atom is 0.241 e. The molecule has 10 heteroatoms. The number of oxazole rings is 1. The summed E-state index contributed by atoms with van der Waals surface area (Å²) in [4.78, 5) is 64.6. The van der Waals surface area contributed by atoms with E-state index in [-0.39, 0.29) is 41.5 Å². The van der Waals surface area contributed by atoms with Crippen LogP contribution in [0.15, 0.2) is 113 Å². The summed E-state index contributed by atoms with van der Waals surface area (Å²) in [6.45, 7) is 1.83. The largest absolute Gasteiger partial charge is 0.504 e. The van der Waals surface area contributed by atoms with Crippen molar-refractivity contribution in [3.8, 4) is 23.0 Å². The zero-order valence-electron chi connectivity index (χ0n) is 27.9. The molecule has 2 aliphatic heterocycles. The molecule has 2 aliphatic carbocycles. The van der Waals surface area contributed by atoms with Gasteiger partial charge in [0.1, 0.15) is 5.52 Å². The molecule has 0 bridgehead atoms. The highest BCUT2D eigenvalue weighted by molar-refractivity contribution is 6.25. The molecule has 0 radical (unpaired) electrons. The second-order valence-corrected chi connectivity index (χ2v) is 14.0. The van der Waals surface area contributed by atoms with E-state index in [1.807, 2.05) is 43.3 Å². The van der Waals surface area contributed by atoms with Crippen LogP contribution in [-0.2, 0) is 19.2 Å². The predicted molar refractivity (Wildman–Crippen MR) is 188 cm³/mol. The van der Waals surface area contributed by atoms with Crippen molar-refractivity contribution in [2.24, 2.45) is 29.1 Å². The van der Waals surface area contributed by atoms with Crippen LogP contribution in [0.3, 0.4) is 0 Å². The number of amides is 4. The molecule has 9 rings (SSSR count). The Kier molecular flexibility index (Phi) is 6.83. The molecule has 1 saturated carbocycles. The third-order valence-electron chi connectivity index (χ3n) is 11.5. The van der Waals surface area contributed by atoms with Crippen LogP contribution in [0.5, 0.6) is 11.5 Å². The van der Waals surface area contributed by atoms with E-state index in [0.29, 0.717) is 40.4 Å². The summed E-state index contributed by atoms with van der Waals surface area (Å²) in [6.07, 6.45) is 2.56. The van der Waals surface area contributed by atoms with E-state index in [1.54, 1.807) is 60.7 Å². The average Bonchev–Trinajstić information content (AvgIpc) is 3.76. The Morgan fingerprint density at radius 2 is 1.55 bits per heavy atom. The van der Waals surface area contributed by atoms with Crippen molar-refractivity contribution in [1.29, 1.82) is 0 Å². The molecule has 4 aromatic carbocycles. The number of carbonyl (C=O) groups is 4. The summed E-state index contributed by atoms with van der Waals surface area (Å²) < 4.78 is 11.4. The minimum absolute atomic E-state index is 0.0536. The molecule has 0 unspecified atom stereocenters. The van der Waals surface area contributed by atoms with Gasteiger partial charge in [-0.3, -0.25) is 24.1 Å². The van der Waals surface area contributed by atoms with Crippen molar-refractivity contribution in [3.05, 3.63) is 114 Å². The van der Waals surface area contributed by atoms with Crippen molar-refractivity contribution in [2.75, 3.05) is 16.9 Å². The standard InChI is InChI=1S/C41H33N3O7/c1-41-29(38(47)44(40(41)49)24-8-4-3-5-9-24)21-28-26(35(41)23-14-19-31(45)33(20-23)50-2)17-18-27-34(28)39(48)43(37(27)46)25-15-12-22(13-16-25)36-42-30-10-6-7-11-32(30)51-36/h3-17,19-20,27-29,34-35,45H,18,21H2,1-2H3/t27-,28+,29-,34-,35-,41+/m0/s1. The zero-order valence-corrected chi connectivity index (χ0v) is 27.9. The fraction of sp³-hybridized carbons (Fsp3) is 0.244. The smallest absolute Gasteiger partial charge is 0.241 e. The van der Waals surface area contributed by atoms with Gasteiger partial charge in [-0.1, -0.05) is 48.0 Å². The summed E-state index contributed by atoms with van der Waals surface area (Å²) >= 11 is 0. The summed E-state index contributed by atoms with van der Waals surface area (Å²) in [5.74, 6) is -3.81. The van der Waals surface area contributed by atoms with Crippen LogP contribution in [-0.4, -0.2) is 40.8 Å². The van der Waals surface area contributed by atoms with Gasteiger partial charge in [0.25, 0.3) is 0 Å². The number of phenolic OH excluding ortho intramolecular Hbond substituents is 1. The molecule has 2 saturated heterocycles. The van der Waals surface area contributed by atoms with Gasteiger partial charge in [-0.05, 0) is 91.9 Å². The first-order valence-electron chi connectivity index (χ1n) is 17.0.